The Morgan fingerprint density at radius 1 is 1.31 bits per heavy atom. The number of anilines is 1. The summed E-state index contributed by atoms with van der Waals surface area (Å²) in [4.78, 5) is 33.9. The van der Waals surface area contributed by atoms with E-state index in [1.54, 1.807) is 0 Å². The predicted molar refractivity (Wildman–Crippen MR) is 106 cm³/mol. The fourth-order valence-electron chi connectivity index (χ4n) is 2.84. The minimum Gasteiger partial charge on any atom is -0.325 e. The topological polar surface area (TPSA) is 78.1 Å². The number of aromatic nitrogens is 2. The fourth-order valence-corrected chi connectivity index (χ4v) is 3.57. The van der Waals surface area contributed by atoms with E-state index in [0.29, 0.717) is 22.6 Å². The third-order valence-corrected chi connectivity index (χ3v) is 4.97. The molecular weight excluding hydrogens is 348 g/mol. The van der Waals surface area contributed by atoms with Gasteiger partial charge in [-0.05, 0) is 43.0 Å². The molecule has 0 aliphatic rings. The smallest absolute Gasteiger partial charge is 0.268 e. The highest BCUT2D eigenvalue weighted by molar-refractivity contribution is 7.17. The number of rotatable bonds is 7. The van der Waals surface area contributed by atoms with E-state index in [1.165, 1.54) is 11.3 Å². The Labute approximate surface area is 155 Å². The van der Waals surface area contributed by atoms with Crippen molar-refractivity contribution in [1.82, 2.24) is 14.9 Å². The Balaban J connectivity index is 1.71. The molecule has 0 spiro atoms. The number of aryl methyl sites for hydroxylation is 1. The average Bonchev–Trinajstić information content (AvgIpc) is 3.06. The molecule has 0 aliphatic carbocycles. The van der Waals surface area contributed by atoms with Gasteiger partial charge in [-0.2, -0.15) is 0 Å². The third-order valence-electron chi connectivity index (χ3n) is 4.06. The van der Waals surface area contributed by atoms with Crippen LogP contribution in [0.3, 0.4) is 0 Å². The van der Waals surface area contributed by atoms with Crippen LogP contribution in [0.4, 0.5) is 5.69 Å². The number of carbonyl (C=O) groups is 1. The third kappa shape index (κ3) is 4.36. The van der Waals surface area contributed by atoms with Gasteiger partial charge >= 0.3 is 0 Å². The number of aromatic amines is 1. The molecule has 0 atom stereocenters. The number of para-hydroxylation sites is 1. The van der Waals surface area contributed by atoms with Crippen molar-refractivity contribution in [2.75, 3.05) is 18.4 Å². The molecule has 1 amide bonds. The number of carbonyl (C=O) groups excluding carboxylic acids is 1. The van der Waals surface area contributed by atoms with Crippen LogP contribution in [0, 0.1) is 6.92 Å². The van der Waals surface area contributed by atoms with Gasteiger partial charge in [0.2, 0.25) is 5.91 Å². The molecule has 2 aromatic heterocycles. The summed E-state index contributed by atoms with van der Waals surface area (Å²) in [6.45, 7) is 5.44. The summed E-state index contributed by atoms with van der Waals surface area (Å²) < 4.78 is 0.632. The van der Waals surface area contributed by atoms with E-state index in [0.717, 1.165) is 24.2 Å². The van der Waals surface area contributed by atoms with Gasteiger partial charge < -0.3 is 10.3 Å². The van der Waals surface area contributed by atoms with E-state index < -0.39 is 0 Å². The molecule has 3 aromatic rings. The molecule has 136 valence electrons. The zero-order valence-corrected chi connectivity index (χ0v) is 15.7. The number of hydrogen-bond donors (Lipinski definition) is 2. The second kappa shape index (κ2) is 8.25. The van der Waals surface area contributed by atoms with Gasteiger partial charge in [0.1, 0.15) is 10.5 Å². The van der Waals surface area contributed by atoms with Crippen molar-refractivity contribution in [1.29, 1.82) is 0 Å². The van der Waals surface area contributed by atoms with E-state index in [2.05, 4.69) is 22.2 Å². The summed E-state index contributed by atoms with van der Waals surface area (Å²) in [6.07, 6.45) is 0.905. The normalized spacial score (nSPS) is 11.2. The van der Waals surface area contributed by atoms with E-state index in [4.69, 9.17) is 0 Å². The predicted octanol–water partition coefficient (Wildman–Crippen LogP) is 3.14. The van der Waals surface area contributed by atoms with E-state index in [9.17, 15) is 9.59 Å². The number of thiophene rings is 1. The van der Waals surface area contributed by atoms with Gasteiger partial charge in [0.15, 0.2) is 0 Å². The second-order valence-corrected chi connectivity index (χ2v) is 7.14. The minimum atomic E-state index is -0.124. The molecule has 0 saturated heterocycles. The van der Waals surface area contributed by atoms with Crippen molar-refractivity contribution in [3.05, 3.63) is 57.5 Å². The lowest BCUT2D eigenvalue weighted by molar-refractivity contribution is -0.117. The van der Waals surface area contributed by atoms with Crippen molar-refractivity contribution in [3.8, 4) is 0 Å². The molecule has 2 N–H and O–H groups in total. The van der Waals surface area contributed by atoms with E-state index in [-0.39, 0.29) is 18.0 Å². The van der Waals surface area contributed by atoms with Crippen LogP contribution in [-0.2, 0) is 11.3 Å². The van der Waals surface area contributed by atoms with Crippen molar-refractivity contribution in [3.63, 3.8) is 0 Å². The van der Waals surface area contributed by atoms with Crippen LogP contribution in [0.25, 0.3) is 10.2 Å². The maximum atomic E-state index is 12.4. The lowest BCUT2D eigenvalue weighted by Crippen LogP contribution is -2.34. The Morgan fingerprint density at radius 3 is 2.88 bits per heavy atom. The Bertz CT molecular complexity index is 963. The van der Waals surface area contributed by atoms with Crippen LogP contribution in [0.1, 0.15) is 24.7 Å². The van der Waals surface area contributed by atoms with Crippen molar-refractivity contribution < 1.29 is 4.79 Å². The first kappa shape index (κ1) is 18.3. The van der Waals surface area contributed by atoms with Crippen LogP contribution < -0.4 is 10.9 Å². The van der Waals surface area contributed by atoms with E-state index in [1.807, 2.05) is 47.5 Å². The number of H-pyrrole nitrogens is 1. The quantitative estimate of drug-likeness (QED) is 0.670. The van der Waals surface area contributed by atoms with Gasteiger partial charge in [-0.15, -0.1) is 11.3 Å². The molecule has 26 heavy (non-hydrogen) atoms. The van der Waals surface area contributed by atoms with Gasteiger partial charge in [0.25, 0.3) is 5.56 Å². The molecule has 0 bridgehead atoms. The Hall–Kier alpha value is -2.51. The summed E-state index contributed by atoms with van der Waals surface area (Å²) in [5.74, 6) is 0.504. The van der Waals surface area contributed by atoms with Gasteiger partial charge in [-0.1, -0.05) is 25.1 Å². The van der Waals surface area contributed by atoms with Crippen molar-refractivity contribution in [2.45, 2.75) is 26.8 Å². The fraction of sp³-hybridized carbons (Fsp3) is 0.316. The number of fused-ring (bicyclic) bond motifs is 1. The molecule has 0 radical (unpaired) electrons. The van der Waals surface area contributed by atoms with Crippen LogP contribution in [0.5, 0.6) is 0 Å². The molecule has 2 heterocycles. The lowest BCUT2D eigenvalue weighted by Gasteiger charge is -2.20. The molecular formula is C19H22N4O2S. The first-order valence-corrected chi connectivity index (χ1v) is 9.49. The van der Waals surface area contributed by atoms with Gasteiger partial charge in [-0.25, -0.2) is 4.98 Å². The number of hydrogen-bond acceptors (Lipinski definition) is 5. The lowest BCUT2D eigenvalue weighted by atomic mass is 10.2. The van der Waals surface area contributed by atoms with Gasteiger partial charge in [0.05, 0.1) is 18.6 Å². The SMILES string of the molecule is CCCN(CC(=O)Nc1ccccc1C)Cc1nc2ccsc2c(=O)[nH]1. The molecule has 0 unspecified atom stereocenters. The zero-order valence-electron chi connectivity index (χ0n) is 14.9. The Kier molecular flexibility index (Phi) is 5.80. The molecule has 0 fully saturated rings. The summed E-state index contributed by atoms with van der Waals surface area (Å²) in [7, 11) is 0. The van der Waals surface area contributed by atoms with E-state index >= 15 is 0 Å². The number of nitrogens with zero attached hydrogens (tertiary/aromatic N) is 2. The molecule has 0 saturated carbocycles. The van der Waals surface area contributed by atoms with Crippen LogP contribution in [-0.4, -0.2) is 33.9 Å². The molecule has 3 rings (SSSR count). The summed E-state index contributed by atoms with van der Waals surface area (Å²) >= 11 is 1.38. The molecule has 0 aliphatic heterocycles. The van der Waals surface area contributed by atoms with Crippen molar-refractivity contribution in [2.24, 2.45) is 0 Å². The van der Waals surface area contributed by atoms with Crippen LogP contribution in [0.15, 0.2) is 40.5 Å². The maximum Gasteiger partial charge on any atom is 0.268 e. The highest BCUT2D eigenvalue weighted by Gasteiger charge is 2.14. The first-order chi connectivity index (χ1) is 12.6. The van der Waals surface area contributed by atoms with Crippen LogP contribution in [0.2, 0.25) is 0 Å². The average molecular weight is 370 g/mol. The summed E-state index contributed by atoms with van der Waals surface area (Å²) in [6, 6.07) is 9.53. The highest BCUT2D eigenvalue weighted by atomic mass is 32.1. The highest BCUT2D eigenvalue weighted by Crippen LogP contribution is 2.15. The zero-order chi connectivity index (χ0) is 18.5. The number of amides is 1. The largest absolute Gasteiger partial charge is 0.325 e. The summed E-state index contributed by atoms with van der Waals surface area (Å²) in [5.41, 5.74) is 2.42. The maximum absolute atomic E-state index is 12.4. The van der Waals surface area contributed by atoms with Gasteiger partial charge in [0, 0.05) is 5.69 Å². The minimum absolute atomic E-state index is 0.0771. The molecule has 1 aromatic carbocycles. The first-order valence-electron chi connectivity index (χ1n) is 8.61. The Morgan fingerprint density at radius 2 is 2.12 bits per heavy atom. The second-order valence-electron chi connectivity index (χ2n) is 6.22. The molecule has 6 nitrogen and oxygen atoms in total. The van der Waals surface area contributed by atoms with Gasteiger partial charge in [-0.3, -0.25) is 14.5 Å². The van der Waals surface area contributed by atoms with Crippen LogP contribution >= 0.6 is 11.3 Å². The number of benzene rings is 1. The standard InChI is InChI=1S/C19H22N4O2S/c1-3-9-23(12-17(24)21-14-7-5-4-6-13(14)2)11-16-20-15-8-10-26-18(15)19(25)22-16/h4-8,10H,3,9,11-12H2,1-2H3,(H,21,24)(H,20,22,25). The summed E-state index contributed by atoms with van der Waals surface area (Å²) in [5, 5.41) is 4.81. The molecule has 7 heteroatoms. The monoisotopic (exact) mass is 370 g/mol. The van der Waals surface area contributed by atoms with Crippen molar-refractivity contribution >= 4 is 33.1 Å². The number of nitrogens with one attached hydrogen (secondary N) is 2.